The van der Waals surface area contributed by atoms with Gasteiger partial charge in [0.25, 0.3) is 0 Å². The smallest absolute Gasteiger partial charge is 0.368 e. The van der Waals surface area contributed by atoms with Crippen molar-refractivity contribution in [3.63, 3.8) is 0 Å². The molecule has 0 radical (unpaired) electrons. The molecule has 150 valence electrons. The topological polar surface area (TPSA) is 67.3 Å². The zero-order chi connectivity index (χ0) is 19.9. The van der Waals surface area contributed by atoms with Crippen LogP contribution in [0.2, 0.25) is 0 Å². The number of hydrogen-bond donors (Lipinski definition) is 0. The maximum Gasteiger partial charge on any atom is 0.433 e. The molecule has 10 heteroatoms. The molecule has 7 nitrogen and oxygen atoms in total. The minimum atomic E-state index is -4.49. The summed E-state index contributed by atoms with van der Waals surface area (Å²) in [4.78, 5) is 20.5. The molecule has 0 aliphatic carbocycles. The van der Waals surface area contributed by atoms with E-state index in [1.54, 1.807) is 4.90 Å². The molecule has 4 rings (SSSR count). The Balaban J connectivity index is 1.58. The fourth-order valence-corrected chi connectivity index (χ4v) is 3.72. The van der Waals surface area contributed by atoms with Crippen LogP contribution in [-0.2, 0) is 22.9 Å². The number of nitrogens with zero attached hydrogens (tertiary/aromatic N) is 6. The van der Waals surface area contributed by atoms with Crippen LogP contribution in [0.3, 0.4) is 0 Å². The lowest BCUT2D eigenvalue weighted by Crippen LogP contribution is -2.48. The molecule has 0 unspecified atom stereocenters. The van der Waals surface area contributed by atoms with E-state index in [0.29, 0.717) is 38.5 Å². The summed E-state index contributed by atoms with van der Waals surface area (Å²) < 4.78 is 45.0. The first-order valence-corrected chi connectivity index (χ1v) is 9.11. The van der Waals surface area contributed by atoms with E-state index in [1.165, 1.54) is 0 Å². The summed E-state index contributed by atoms with van der Waals surface area (Å²) in [6.07, 6.45) is 0.473. The molecule has 0 amide bonds. The van der Waals surface area contributed by atoms with Gasteiger partial charge < -0.3 is 14.5 Å². The molecular weight excluding hydrogens is 373 g/mol. The standard InChI is InChI=1S/C18H21F3N6O/c1-26(2)15-23-11-12-4-10-28-17(14(12)25-15)5-8-27(9-6-17)16-22-7-3-13(24-16)18(19,20)21/h3,7,11H,4-6,8-10H2,1-2H3. The summed E-state index contributed by atoms with van der Waals surface area (Å²) in [5, 5.41) is 0. The van der Waals surface area contributed by atoms with Gasteiger partial charge in [0.1, 0.15) is 11.3 Å². The van der Waals surface area contributed by atoms with Gasteiger partial charge in [0.05, 0.1) is 12.3 Å². The van der Waals surface area contributed by atoms with E-state index in [0.717, 1.165) is 29.9 Å². The van der Waals surface area contributed by atoms with Gasteiger partial charge >= 0.3 is 6.18 Å². The molecular formula is C18H21F3N6O. The molecule has 1 fully saturated rings. The summed E-state index contributed by atoms with van der Waals surface area (Å²) in [5.41, 5.74) is 0.488. The minimum Gasteiger partial charge on any atom is -0.368 e. The lowest BCUT2D eigenvalue weighted by atomic mass is 9.83. The second kappa shape index (κ2) is 6.84. The average molecular weight is 394 g/mol. The highest BCUT2D eigenvalue weighted by Gasteiger charge is 2.43. The van der Waals surface area contributed by atoms with Gasteiger partial charge in [-0.1, -0.05) is 0 Å². The van der Waals surface area contributed by atoms with E-state index in [-0.39, 0.29) is 5.95 Å². The van der Waals surface area contributed by atoms with Gasteiger partial charge in [0.15, 0.2) is 0 Å². The van der Waals surface area contributed by atoms with Crippen LogP contribution in [0.5, 0.6) is 0 Å². The summed E-state index contributed by atoms with van der Waals surface area (Å²) in [6, 6.07) is 0.884. The van der Waals surface area contributed by atoms with E-state index in [2.05, 4.69) is 15.0 Å². The predicted octanol–water partition coefficient (Wildman–Crippen LogP) is 2.42. The Kier molecular flexibility index (Phi) is 4.60. The maximum atomic E-state index is 12.9. The molecule has 1 spiro atoms. The van der Waals surface area contributed by atoms with Crippen molar-refractivity contribution >= 4 is 11.9 Å². The fraction of sp³-hybridized carbons (Fsp3) is 0.556. The number of anilines is 2. The Morgan fingerprint density at radius 1 is 1.14 bits per heavy atom. The summed E-state index contributed by atoms with van der Waals surface area (Å²) >= 11 is 0. The van der Waals surface area contributed by atoms with E-state index in [1.807, 2.05) is 25.2 Å². The Hall–Kier alpha value is -2.49. The van der Waals surface area contributed by atoms with Gasteiger partial charge in [-0.05, 0) is 30.9 Å². The van der Waals surface area contributed by atoms with Crippen molar-refractivity contribution in [3.8, 4) is 0 Å². The quantitative estimate of drug-likeness (QED) is 0.775. The number of piperidine rings is 1. The third-order valence-corrected chi connectivity index (χ3v) is 5.22. The van der Waals surface area contributed by atoms with Crippen LogP contribution in [0.25, 0.3) is 0 Å². The number of fused-ring (bicyclic) bond motifs is 2. The SMILES string of the molecule is CN(C)c1ncc2c(n1)C1(CCN(c3nccc(C(F)(F)F)n3)CC1)OCC2. The van der Waals surface area contributed by atoms with Crippen molar-refractivity contribution in [2.24, 2.45) is 0 Å². The number of aromatic nitrogens is 4. The van der Waals surface area contributed by atoms with Crippen LogP contribution >= 0.6 is 0 Å². The number of hydrogen-bond acceptors (Lipinski definition) is 7. The van der Waals surface area contributed by atoms with Crippen molar-refractivity contribution in [2.45, 2.75) is 31.0 Å². The predicted molar refractivity (Wildman–Crippen MR) is 96.2 cm³/mol. The van der Waals surface area contributed by atoms with E-state index >= 15 is 0 Å². The van der Waals surface area contributed by atoms with E-state index < -0.39 is 17.5 Å². The summed E-state index contributed by atoms with van der Waals surface area (Å²) in [5.74, 6) is 0.713. The Morgan fingerprint density at radius 3 is 2.57 bits per heavy atom. The molecule has 1 saturated heterocycles. The molecule has 0 atom stereocenters. The average Bonchev–Trinajstić information content (AvgIpc) is 2.68. The number of ether oxygens (including phenoxy) is 1. The van der Waals surface area contributed by atoms with Crippen LogP contribution in [0.15, 0.2) is 18.5 Å². The highest BCUT2D eigenvalue weighted by Crippen LogP contribution is 2.41. The number of alkyl halides is 3. The first-order valence-electron chi connectivity index (χ1n) is 9.11. The zero-order valence-corrected chi connectivity index (χ0v) is 15.7. The second-order valence-corrected chi connectivity index (χ2v) is 7.26. The van der Waals surface area contributed by atoms with Crippen molar-refractivity contribution in [2.75, 3.05) is 43.6 Å². The van der Waals surface area contributed by atoms with Crippen LogP contribution in [0.1, 0.15) is 29.8 Å². The van der Waals surface area contributed by atoms with Gasteiger partial charge in [-0.25, -0.2) is 19.9 Å². The summed E-state index contributed by atoms with van der Waals surface area (Å²) in [7, 11) is 3.76. The van der Waals surface area contributed by atoms with Crippen LogP contribution in [-0.4, -0.2) is 53.7 Å². The lowest BCUT2D eigenvalue weighted by Gasteiger charge is -2.44. The fourth-order valence-electron chi connectivity index (χ4n) is 3.72. The molecule has 0 saturated carbocycles. The van der Waals surface area contributed by atoms with Gasteiger partial charge in [-0.3, -0.25) is 0 Å². The molecule has 2 aromatic rings. The Morgan fingerprint density at radius 2 is 1.89 bits per heavy atom. The molecule has 0 bridgehead atoms. The van der Waals surface area contributed by atoms with Crippen molar-refractivity contribution in [1.29, 1.82) is 0 Å². The maximum absolute atomic E-state index is 12.9. The van der Waals surface area contributed by atoms with Crippen LogP contribution in [0, 0.1) is 0 Å². The molecule has 4 heterocycles. The second-order valence-electron chi connectivity index (χ2n) is 7.26. The largest absolute Gasteiger partial charge is 0.433 e. The van der Waals surface area contributed by atoms with Gasteiger partial charge in [0, 0.05) is 39.6 Å². The van der Waals surface area contributed by atoms with E-state index in [4.69, 9.17) is 9.72 Å². The Labute approximate surface area is 160 Å². The van der Waals surface area contributed by atoms with Gasteiger partial charge in [-0.2, -0.15) is 13.2 Å². The third kappa shape index (κ3) is 3.36. The van der Waals surface area contributed by atoms with E-state index in [9.17, 15) is 13.2 Å². The molecule has 0 aromatic carbocycles. The molecule has 28 heavy (non-hydrogen) atoms. The first-order chi connectivity index (χ1) is 13.3. The zero-order valence-electron chi connectivity index (χ0n) is 15.7. The van der Waals surface area contributed by atoms with Crippen LogP contribution < -0.4 is 9.80 Å². The van der Waals surface area contributed by atoms with Crippen molar-refractivity contribution < 1.29 is 17.9 Å². The molecule has 2 aliphatic rings. The number of halogens is 3. The van der Waals surface area contributed by atoms with Crippen molar-refractivity contribution in [3.05, 3.63) is 35.4 Å². The monoisotopic (exact) mass is 394 g/mol. The van der Waals surface area contributed by atoms with Gasteiger partial charge in [0.2, 0.25) is 11.9 Å². The Bertz CT molecular complexity index is 865. The van der Waals surface area contributed by atoms with Crippen molar-refractivity contribution in [1.82, 2.24) is 19.9 Å². The highest BCUT2D eigenvalue weighted by atomic mass is 19.4. The lowest BCUT2D eigenvalue weighted by molar-refractivity contribution is -0.141. The third-order valence-electron chi connectivity index (χ3n) is 5.22. The molecule has 2 aliphatic heterocycles. The van der Waals surface area contributed by atoms with Crippen LogP contribution in [0.4, 0.5) is 25.1 Å². The molecule has 2 aromatic heterocycles. The van der Waals surface area contributed by atoms with Gasteiger partial charge in [-0.15, -0.1) is 0 Å². The minimum absolute atomic E-state index is 0.0948. The number of rotatable bonds is 2. The first kappa shape index (κ1) is 18.9. The molecule has 0 N–H and O–H groups in total. The normalized spacial score (nSPS) is 18.8. The summed E-state index contributed by atoms with van der Waals surface area (Å²) in [6.45, 7) is 1.56. The highest BCUT2D eigenvalue weighted by molar-refractivity contribution is 5.38.